The normalized spacial score (nSPS) is 10.8. The van der Waals surface area contributed by atoms with Crippen molar-refractivity contribution in [2.75, 3.05) is 11.1 Å². The molecule has 0 saturated carbocycles. The molecule has 1 aromatic carbocycles. The standard InChI is InChI=1S/C15H13ClN4O/c1-9-6-12(17)11(16)7-13(9)19-15(21)10-8-18-20-5-3-2-4-14(10)20/h2-8H,17H2,1H3,(H,19,21). The van der Waals surface area contributed by atoms with Crippen LogP contribution in [0.5, 0.6) is 0 Å². The van der Waals surface area contributed by atoms with E-state index < -0.39 is 0 Å². The Morgan fingerprint density at radius 1 is 1.38 bits per heavy atom. The van der Waals surface area contributed by atoms with E-state index in [1.807, 2.05) is 25.1 Å². The zero-order valence-electron chi connectivity index (χ0n) is 11.3. The highest BCUT2D eigenvalue weighted by Crippen LogP contribution is 2.27. The van der Waals surface area contributed by atoms with Crippen molar-refractivity contribution in [3.8, 4) is 0 Å². The van der Waals surface area contributed by atoms with Crippen LogP contribution in [0.1, 0.15) is 15.9 Å². The summed E-state index contributed by atoms with van der Waals surface area (Å²) in [5.41, 5.74) is 8.95. The Labute approximate surface area is 126 Å². The number of nitrogens with two attached hydrogens (primary N) is 1. The van der Waals surface area contributed by atoms with Gasteiger partial charge in [0.15, 0.2) is 0 Å². The summed E-state index contributed by atoms with van der Waals surface area (Å²) in [6.07, 6.45) is 3.33. The monoisotopic (exact) mass is 300 g/mol. The summed E-state index contributed by atoms with van der Waals surface area (Å²) in [6.45, 7) is 1.86. The van der Waals surface area contributed by atoms with Crippen LogP contribution in [0.2, 0.25) is 5.02 Å². The molecule has 0 atom stereocenters. The van der Waals surface area contributed by atoms with Crippen molar-refractivity contribution >= 4 is 34.4 Å². The van der Waals surface area contributed by atoms with Crippen LogP contribution < -0.4 is 11.1 Å². The second-order valence-electron chi connectivity index (χ2n) is 4.73. The van der Waals surface area contributed by atoms with E-state index in [2.05, 4.69) is 10.4 Å². The lowest BCUT2D eigenvalue weighted by Crippen LogP contribution is -2.12. The van der Waals surface area contributed by atoms with E-state index in [1.54, 1.807) is 29.0 Å². The number of halogens is 1. The van der Waals surface area contributed by atoms with Gasteiger partial charge in [-0.15, -0.1) is 0 Å². The summed E-state index contributed by atoms with van der Waals surface area (Å²) < 4.78 is 1.65. The Morgan fingerprint density at radius 3 is 3.00 bits per heavy atom. The first kappa shape index (κ1) is 13.5. The lowest BCUT2D eigenvalue weighted by molar-refractivity contribution is 0.102. The molecule has 5 nitrogen and oxygen atoms in total. The molecule has 0 spiro atoms. The van der Waals surface area contributed by atoms with E-state index >= 15 is 0 Å². The molecular formula is C15H13ClN4O. The molecule has 0 bridgehead atoms. The molecule has 6 heteroatoms. The SMILES string of the molecule is Cc1cc(N)c(Cl)cc1NC(=O)c1cnn2ccccc12. The number of aryl methyl sites for hydroxylation is 1. The summed E-state index contributed by atoms with van der Waals surface area (Å²) in [5, 5.41) is 7.40. The second-order valence-corrected chi connectivity index (χ2v) is 5.14. The molecule has 2 heterocycles. The number of rotatable bonds is 2. The fourth-order valence-corrected chi connectivity index (χ4v) is 2.30. The van der Waals surface area contributed by atoms with Crippen LogP contribution in [0.25, 0.3) is 5.52 Å². The van der Waals surface area contributed by atoms with Gasteiger partial charge >= 0.3 is 0 Å². The number of nitrogen functional groups attached to an aromatic ring is 1. The summed E-state index contributed by atoms with van der Waals surface area (Å²) >= 11 is 6.00. The van der Waals surface area contributed by atoms with Crippen molar-refractivity contribution in [3.05, 3.63) is 58.9 Å². The first-order valence-corrected chi connectivity index (χ1v) is 6.73. The predicted octanol–water partition coefficient (Wildman–Crippen LogP) is 3.13. The molecule has 1 amide bonds. The third-order valence-corrected chi connectivity index (χ3v) is 3.59. The summed E-state index contributed by atoms with van der Waals surface area (Å²) in [5.74, 6) is -0.236. The van der Waals surface area contributed by atoms with Gasteiger partial charge in [0.05, 0.1) is 28.0 Å². The Morgan fingerprint density at radius 2 is 2.19 bits per heavy atom. The number of nitrogens with one attached hydrogen (secondary N) is 1. The van der Waals surface area contributed by atoms with Gasteiger partial charge in [0.2, 0.25) is 0 Å². The Balaban J connectivity index is 1.95. The summed E-state index contributed by atoms with van der Waals surface area (Å²) in [4.78, 5) is 12.4. The van der Waals surface area contributed by atoms with Crippen LogP contribution in [0, 0.1) is 6.92 Å². The molecule has 3 rings (SSSR count). The van der Waals surface area contributed by atoms with Crippen LogP contribution in [-0.2, 0) is 0 Å². The van der Waals surface area contributed by atoms with E-state index in [-0.39, 0.29) is 5.91 Å². The number of carbonyl (C=O) groups excluding carboxylic acids is 1. The highest BCUT2D eigenvalue weighted by Gasteiger charge is 2.14. The van der Waals surface area contributed by atoms with Crippen molar-refractivity contribution < 1.29 is 4.79 Å². The number of nitrogens with zero attached hydrogens (tertiary/aromatic N) is 2. The van der Waals surface area contributed by atoms with Gasteiger partial charge < -0.3 is 11.1 Å². The lowest BCUT2D eigenvalue weighted by Gasteiger charge is -2.10. The Kier molecular flexibility index (Phi) is 3.27. The average molecular weight is 301 g/mol. The molecule has 106 valence electrons. The van der Waals surface area contributed by atoms with Crippen LogP contribution >= 0.6 is 11.6 Å². The van der Waals surface area contributed by atoms with Gasteiger partial charge in [-0.3, -0.25) is 4.79 Å². The van der Waals surface area contributed by atoms with Crippen LogP contribution in [0.4, 0.5) is 11.4 Å². The highest BCUT2D eigenvalue weighted by atomic mass is 35.5. The van der Waals surface area contributed by atoms with Gasteiger partial charge in [-0.05, 0) is 36.8 Å². The highest BCUT2D eigenvalue weighted by molar-refractivity contribution is 6.33. The van der Waals surface area contributed by atoms with E-state index in [9.17, 15) is 4.79 Å². The predicted molar refractivity (Wildman–Crippen MR) is 83.7 cm³/mol. The number of hydrogen-bond acceptors (Lipinski definition) is 3. The van der Waals surface area contributed by atoms with Crippen LogP contribution in [0.15, 0.2) is 42.7 Å². The summed E-state index contributed by atoms with van der Waals surface area (Å²) in [7, 11) is 0. The maximum absolute atomic E-state index is 12.4. The molecule has 0 unspecified atom stereocenters. The van der Waals surface area contributed by atoms with E-state index in [4.69, 9.17) is 17.3 Å². The molecule has 0 aliphatic rings. The minimum atomic E-state index is -0.236. The Hall–Kier alpha value is -2.53. The van der Waals surface area contributed by atoms with Gasteiger partial charge in [-0.2, -0.15) is 5.10 Å². The van der Waals surface area contributed by atoms with Gasteiger partial charge in [-0.1, -0.05) is 17.7 Å². The fraction of sp³-hybridized carbons (Fsp3) is 0.0667. The molecule has 0 saturated heterocycles. The smallest absolute Gasteiger partial charge is 0.259 e. The maximum Gasteiger partial charge on any atom is 0.259 e. The zero-order chi connectivity index (χ0) is 15.0. The lowest BCUT2D eigenvalue weighted by atomic mass is 10.1. The molecule has 21 heavy (non-hydrogen) atoms. The van der Waals surface area contributed by atoms with Crippen molar-refractivity contribution in [1.29, 1.82) is 0 Å². The van der Waals surface area contributed by atoms with Crippen LogP contribution in [-0.4, -0.2) is 15.5 Å². The number of fused-ring (bicyclic) bond motifs is 1. The van der Waals surface area contributed by atoms with Gasteiger partial charge in [0.1, 0.15) is 0 Å². The number of amides is 1. The van der Waals surface area contributed by atoms with Gasteiger partial charge in [0, 0.05) is 11.9 Å². The number of hydrogen-bond donors (Lipinski definition) is 2. The van der Waals surface area contributed by atoms with Gasteiger partial charge in [0.25, 0.3) is 5.91 Å². The fourth-order valence-electron chi connectivity index (χ4n) is 2.14. The van der Waals surface area contributed by atoms with Crippen molar-refractivity contribution in [2.24, 2.45) is 0 Å². The molecule has 0 fully saturated rings. The number of aromatic nitrogens is 2. The maximum atomic E-state index is 12.4. The van der Waals surface area contributed by atoms with Crippen LogP contribution in [0.3, 0.4) is 0 Å². The topological polar surface area (TPSA) is 72.4 Å². The van der Waals surface area contributed by atoms with Crippen molar-refractivity contribution in [2.45, 2.75) is 6.92 Å². The Bertz CT molecular complexity index is 841. The molecule has 3 N–H and O–H groups in total. The minimum Gasteiger partial charge on any atom is -0.398 e. The number of benzene rings is 1. The zero-order valence-corrected chi connectivity index (χ0v) is 12.1. The van der Waals surface area contributed by atoms with Gasteiger partial charge in [-0.25, -0.2) is 4.52 Å². The molecule has 3 aromatic rings. The third kappa shape index (κ3) is 2.43. The molecule has 2 aromatic heterocycles. The van der Waals surface area contributed by atoms with Crippen molar-refractivity contribution in [3.63, 3.8) is 0 Å². The quantitative estimate of drug-likeness (QED) is 0.714. The molecule has 0 radical (unpaired) electrons. The third-order valence-electron chi connectivity index (χ3n) is 3.26. The second kappa shape index (κ2) is 5.10. The number of pyridine rings is 1. The molecule has 0 aliphatic carbocycles. The van der Waals surface area contributed by atoms with Crippen molar-refractivity contribution in [1.82, 2.24) is 9.61 Å². The minimum absolute atomic E-state index is 0.236. The molecule has 0 aliphatic heterocycles. The van der Waals surface area contributed by atoms with E-state index in [0.29, 0.717) is 22.0 Å². The van der Waals surface area contributed by atoms with E-state index in [1.165, 1.54) is 0 Å². The first-order chi connectivity index (χ1) is 10.1. The largest absolute Gasteiger partial charge is 0.398 e. The summed E-state index contributed by atoms with van der Waals surface area (Å²) in [6, 6.07) is 8.93. The molecular weight excluding hydrogens is 288 g/mol. The first-order valence-electron chi connectivity index (χ1n) is 6.35. The number of carbonyl (C=O) groups is 1. The number of anilines is 2. The average Bonchev–Trinajstić information content (AvgIpc) is 2.88. The van der Waals surface area contributed by atoms with E-state index in [0.717, 1.165) is 11.1 Å².